The summed E-state index contributed by atoms with van der Waals surface area (Å²) in [7, 11) is 0. The Labute approximate surface area is 93.7 Å². The van der Waals surface area contributed by atoms with Gasteiger partial charge in [-0.3, -0.25) is 14.8 Å². The van der Waals surface area contributed by atoms with Crippen LogP contribution in [0.15, 0.2) is 41.7 Å². The zero-order chi connectivity index (χ0) is 11.4. The third-order valence-electron chi connectivity index (χ3n) is 2.22. The molecule has 0 radical (unpaired) electrons. The molecule has 0 fully saturated rings. The number of rotatable bonds is 3. The fraction of sp³-hybridized carbons (Fsp3) is 0.250. The highest BCUT2D eigenvalue weighted by atomic mass is 16.5. The summed E-state index contributed by atoms with van der Waals surface area (Å²) in [4.78, 5) is 19.4. The summed E-state index contributed by atoms with van der Waals surface area (Å²) in [5.41, 5.74) is 1.52. The summed E-state index contributed by atoms with van der Waals surface area (Å²) in [5, 5.41) is 0. The maximum atomic E-state index is 11.1. The Morgan fingerprint density at radius 3 is 2.94 bits per heavy atom. The standard InChI is InChI=1S/C12H12N2O2/c1-9(15)16-12(11-6-4-8-14-11)10-5-2-3-7-13-10/h2-5,7-8,12H,6H2,1H3. The molecule has 1 atom stereocenters. The van der Waals surface area contributed by atoms with Gasteiger partial charge in [0.05, 0.1) is 11.4 Å². The number of carbonyl (C=O) groups excluding carboxylic acids is 1. The highest BCUT2D eigenvalue weighted by molar-refractivity contribution is 5.93. The Kier molecular flexibility index (Phi) is 3.10. The molecule has 2 rings (SSSR count). The maximum absolute atomic E-state index is 11.1. The molecule has 1 unspecified atom stereocenters. The van der Waals surface area contributed by atoms with Gasteiger partial charge in [-0.25, -0.2) is 0 Å². The number of hydrogen-bond donors (Lipinski definition) is 0. The second-order valence-electron chi connectivity index (χ2n) is 3.45. The molecule has 0 saturated carbocycles. The first-order chi connectivity index (χ1) is 7.77. The summed E-state index contributed by atoms with van der Waals surface area (Å²) in [6.07, 6.45) is 5.56. The van der Waals surface area contributed by atoms with Crippen LogP contribution in [0.3, 0.4) is 0 Å². The van der Waals surface area contributed by atoms with E-state index in [0.717, 1.165) is 5.71 Å². The van der Waals surface area contributed by atoms with Gasteiger partial charge in [0.25, 0.3) is 0 Å². The topological polar surface area (TPSA) is 51.5 Å². The van der Waals surface area contributed by atoms with Crippen LogP contribution in [0, 0.1) is 0 Å². The second kappa shape index (κ2) is 4.70. The van der Waals surface area contributed by atoms with Crippen molar-refractivity contribution in [1.82, 2.24) is 4.98 Å². The number of allylic oxidation sites excluding steroid dienone is 1. The van der Waals surface area contributed by atoms with Crippen LogP contribution in [0.2, 0.25) is 0 Å². The second-order valence-corrected chi connectivity index (χ2v) is 3.45. The Morgan fingerprint density at radius 2 is 2.38 bits per heavy atom. The summed E-state index contributed by atoms with van der Waals surface area (Å²) < 4.78 is 5.25. The van der Waals surface area contributed by atoms with Gasteiger partial charge < -0.3 is 4.74 Å². The molecule has 0 aliphatic carbocycles. The van der Waals surface area contributed by atoms with Crippen molar-refractivity contribution in [2.75, 3.05) is 0 Å². The predicted octanol–water partition coefficient (Wildman–Crippen LogP) is 2.04. The van der Waals surface area contributed by atoms with Crippen LogP contribution in [0.1, 0.15) is 25.1 Å². The molecule has 82 valence electrons. The van der Waals surface area contributed by atoms with Gasteiger partial charge in [-0.2, -0.15) is 0 Å². The van der Waals surface area contributed by atoms with Crippen LogP contribution in [0.25, 0.3) is 0 Å². The van der Waals surface area contributed by atoms with Gasteiger partial charge in [-0.15, -0.1) is 0 Å². The van der Waals surface area contributed by atoms with E-state index in [0.29, 0.717) is 12.1 Å². The summed E-state index contributed by atoms with van der Waals surface area (Å²) in [6, 6.07) is 5.51. The summed E-state index contributed by atoms with van der Waals surface area (Å²) in [5.74, 6) is -0.328. The van der Waals surface area contributed by atoms with E-state index in [1.807, 2.05) is 24.3 Å². The van der Waals surface area contributed by atoms with Crippen LogP contribution in [-0.2, 0) is 9.53 Å². The predicted molar refractivity (Wildman–Crippen MR) is 59.9 cm³/mol. The van der Waals surface area contributed by atoms with Crippen LogP contribution < -0.4 is 0 Å². The Balaban J connectivity index is 2.24. The SMILES string of the molecule is CC(=O)OC(C1=NC=CC1)c1ccccn1. The number of carbonyl (C=O) groups is 1. The van der Waals surface area contributed by atoms with E-state index in [1.54, 1.807) is 12.4 Å². The minimum absolute atomic E-state index is 0.328. The van der Waals surface area contributed by atoms with E-state index in [1.165, 1.54) is 6.92 Å². The lowest BCUT2D eigenvalue weighted by Crippen LogP contribution is -2.18. The average Bonchev–Trinajstić information content (AvgIpc) is 2.80. The highest BCUT2D eigenvalue weighted by Crippen LogP contribution is 2.21. The summed E-state index contributed by atoms with van der Waals surface area (Å²) >= 11 is 0. The van der Waals surface area contributed by atoms with Crippen LogP contribution in [0.5, 0.6) is 0 Å². The molecule has 0 aromatic carbocycles. The fourth-order valence-electron chi connectivity index (χ4n) is 1.55. The minimum Gasteiger partial charge on any atom is -0.450 e. The van der Waals surface area contributed by atoms with E-state index < -0.39 is 6.10 Å². The van der Waals surface area contributed by atoms with E-state index >= 15 is 0 Å². The zero-order valence-corrected chi connectivity index (χ0v) is 8.96. The van der Waals surface area contributed by atoms with Crippen molar-refractivity contribution in [3.05, 3.63) is 42.4 Å². The number of ether oxygens (including phenoxy) is 1. The van der Waals surface area contributed by atoms with E-state index in [2.05, 4.69) is 9.98 Å². The Hall–Kier alpha value is -1.97. The number of esters is 1. The molecule has 0 saturated heterocycles. The van der Waals surface area contributed by atoms with Gasteiger partial charge in [0.2, 0.25) is 0 Å². The number of pyridine rings is 1. The molecular formula is C12H12N2O2. The number of aliphatic imine (C=N–C) groups is 1. The largest absolute Gasteiger partial charge is 0.450 e. The van der Waals surface area contributed by atoms with Crippen molar-refractivity contribution in [3.8, 4) is 0 Å². The first-order valence-corrected chi connectivity index (χ1v) is 5.07. The van der Waals surface area contributed by atoms with Crippen LogP contribution in [0.4, 0.5) is 0 Å². The van der Waals surface area contributed by atoms with Crippen molar-refractivity contribution in [2.24, 2.45) is 4.99 Å². The van der Waals surface area contributed by atoms with E-state index in [9.17, 15) is 4.79 Å². The molecule has 0 spiro atoms. The van der Waals surface area contributed by atoms with E-state index in [4.69, 9.17) is 4.74 Å². The van der Waals surface area contributed by atoms with Gasteiger partial charge in [-0.05, 0) is 12.1 Å². The highest BCUT2D eigenvalue weighted by Gasteiger charge is 2.22. The summed E-state index contributed by atoms with van der Waals surface area (Å²) in [6.45, 7) is 1.39. The van der Waals surface area contributed by atoms with Gasteiger partial charge in [0.15, 0.2) is 6.10 Å². The minimum atomic E-state index is -0.464. The molecule has 16 heavy (non-hydrogen) atoms. The van der Waals surface area contributed by atoms with Gasteiger partial charge in [0, 0.05) is 25.7 Å². The van der Waals surface area contributed by atoms with Crippen LogP contribution >= 0.6 is 0 Å². The molecular weight excluding hydrogens is 204 g/mol. The quantitative estimate of drug-likeness (QED) is 0.726. The van der Waals surface area contributed by atoms with Crippen molar-refractivity contribution < 1.29 is 9.53 Å². The molecule has 0 N–H and O–H groups in total. The van der Waals surface area contributed by atoms with Gasteiger partial charge in [0.1, 0.15) is 0 Å². The van der Waals surface area contributed by atoms with Crippen molar-refractivity contribution in [1.29, 1.82) is 0 Å². The lowest BCUT2D eigenvalue weighted by molar-refractivity contribution is -0.143. The third kappa shape index (κ3) is 2.34. The lowest BCUT2D eigenvalue weighted by atomic mass is 10.1. The van der Waals surface area contributed by atoms with E-state index in [-0.39, 0.29) is 5.97 Å². The number of aromatic nitrogens is 1. The fourth-order valence-corrected chi connectivity index (χ4v) is 1.55. The molecule has 4 nitrogen and oxygen atoms in total. The lowest BCUT2D eigenvalue weighted by Gasteiger charge is -2.16. The Morgan fingerprint density at radius 1 is 1.50 bits per heavy atom. The first-order valence-electron chi connectivity index (χ1n) is 5.07. The molecule has 1 aromatic heterocycles. The molecule has 0 bridgehead atoms. The van der Waals surface area contributed by atoms with Crippen molar-refractivity contribution in [2.45, 2.75) is 19.4 Å². The number of nitrogens with zero attached hydrogens (tertiary/aromatic N) is 2. The first kappa shape index (κ1) is 10.5. The zero-order valence-electron chi connectivity index (χ0n) is 8.96. The molecule has 0 amide bonds. The maximum Gasteiger partial charge on any atom is 0.303 e. The van der Waals surface area contributed by atoms with Gasteiger partial charge >= 0.3 is 5.97 Å². The van der Waals surface area contributed by atoms with Crippen LogP contribution in [-0.4, -0.2) is 16.7 Å². The molecule has 4 heteroatoms. The normalized spacial score (nSPS) is 15.7. The van der Waals surface area contributed by atoms with Crippen molar-refractivity contribution in [3.63, 3.8) is 0 Å². The smallest absolute Gasteiger partial charge is 0.303 e. The van der Waals surface area contributed by atoms with Crippen molar-refractivity contribution >= 4 is 11.7 Å². The number of hydrogen-bond acceptors (Lipinski definition) is 4. The molecule has 1 aliphatic rings. The molecule has 1 aliphatic heterocycles. The van der Waals surface area contributed by atoms with Gasteiger partial charge in [-0.1, -0.05) is 12.1 Å². The molecule has 2 heterocycles. The monoisotopic (exact) mass is 216 g/mol. The molecule has 1 aromatic rings. The third-order valence-corrected chi connectivity index (χ3v) is 2.22. The Bertz CT molecular complexity index is 438. The average molecular weight is 216 g/mol.